The summed E-state index contributed by atoms with van der Waals surface area (Å²) in [6, 6.07) is -1.43. The van der Waals surface area contributed by atoms with Crippen LogP contribution < -0.4 is 5.09 Å². The van der Waals surface area contributed by atoms with Crippen LogP contribution in [0.4, 0.5) is 0 Å². The third-order valence-corrected chi connectivity index (χ3v) is 2.81. The summed E-state index contributed by atoms with van der Waals surface area (Å²) in [5.41, 5.74) is 0. The smallest absolute Gasteiger partial charge is 0.403 e. The number of carbonyl (C=O) groups is 2. The molecule has 0 fully saturated rings. The van der Waals surface area contributed by atoms with Gasteiger partial charge in [-0.05, 0) is 13.3 Å². The standard InChI is InChI=1S/C7H14NO7P/c1-2-15-16(13,14)8-5(7(11)12)3-4-6(9)10/h5H,2-4H2,1H3,(H,9,10)(H,11,12)(H2,8,13,14). The molecule has 0 amide bonds. The van der Waals surface area contributed by atoms with Gasteiger partial charge in [-0.2, -0.15) is 0 Å². The number of carboxylic acid groups (broad SMARTS) is 2. The number of nitrogens with one attached hydrogen (secondary N) is 1. The van der Waals surface area contributed by atoms with Crippen molar-refractivity contribution in [3.63, 3.8) is 0 Å². The molecule has 0 saturated carbocycles. The highest BCUT2D eigenvalue weighted by Crippen LogP contribution is 2.37. The van der Waals surface area contributed by atoms with Crippen LogP contribution in [0.1, 0.15) is 19.8 Å². The zero-order valence-electron chi connectivity index (χ0n) is 8.62. The molecule has 0 bridgehead atoms. The number of carboxylic acids is 2. The largest absolute Gasteiger partial charge is 0.481 e. The van der Waals surface area contributed by atoms with E-state index >= 15 is 0 Å². The molecule has 2 atom stereocenters. The maximum Gasteiger partial charge on any atom is 0.403 e. The first-order chi connectivity index (χ1) is 7.28. The van der Waals surface area contributed by atoms with Gasteiger partial charge in [0.25, 0.3) is 0 Å². The fourth-order valence-electron chi connectivity index (χ4n) is 0.920. The van der Waals surface area contributed by atoms with Gasteiger partial charge in [0.2, 0.25) is 0 Å². The van der Waals surface area contributed by atoms with E-state index < -0.39 is 32.1 Å². The minimum absolute atomic E-state index is 0.0634. The minimum atomic E-state index is -4.19. The van der Waals surface area contributed by atoms with Gasteiger partial charge in [-0.1, -0.05) is 0 Å². The van der Waals surface area contributed by atoms with Crippen molar-refractivity contribution in [3.8, 4) is 0 Å². The highest BCUT2D eigenvalue weighted by Gasteiger charge is 2.28. The van der Waals surface area contributed by atoms with Crippen molar-refractivity contribution < 1.29 is 33.8 Å². The minimum Gasteiger partial charge on any atom is -0.481 e. The van der Waals surface area contributed by atoms with E-state index in [1.807, 2.05) is 5.09 Å². The average Bonchev–Trinajstić information content (AvgIpc) is 2.11. The maximum absolute atomic E-state index is 11.2. The molecule has 0 saturated heterocycles. The van der Waals surface area contributed by atoms with Crippen LogP contribution >= 0.6 is 7.75 Å². The molecule has 0 spiro atoms. The van der Waals surface area contributed by atoms with Gasteiger partial charge in [-0.25, -0.2) is 9.65 Å². The van der Waals surface area contributed by atoms with Gasteiger partial charge in [0.15, 0.2) is 0 Å². The first-order valence-corrected chi connectivity index (χ1v) is 6.06. The molecule has 0 aliphatic carbocycles. The molecule has 0 aromatic carbocycles. The summed E-state index contributed by atoms with van der Waals surface area (Å²) in [6.45, 7) is 1.41. The lowest BCUT2D eigenvalue weighted by molar-refractivity contribution is -0.140. The van der Waals surface area contributed by atoms with Crippen LogP contribution in [0.3, 0.4) is 0 Å². The first kappa shape index (κ1) is 15.0. The van der Waals surface area contributed by atoms with Crippen LogP contribution in [0.5, 0.6) is 0 Å². The Morgan fingerprint density at radius 3 is 2.38 bits per heavy atom. The number of rotatable bonds is 8. The Balaban J connectivity index is 4.39. The lowest BCUT2D eigenvalue weighted by atomic mass is 10.2. The predicted octanol–water partition coefficient (Wildman–Crippen LogP) is 0.0309. The lowest BCUT2D eigenvalue weighted by Crippen LogP contribution is -2.35. The molecule has 0 heterocycles. The summed E-state index contributed by atoms with van der Waals surface area (Å²) >= 11 is 0. The number of aliphatic carboxylic acids is 2. The van der Waals surface area contributed by atoms with Crippen molar-refractivity contribution >= 4 is 19.7 Å². The second-order valence-electron chi connectivity index (χ2n) is 2.89. The number of hydrogen-bond acceptors (Lipinski definition) is 4. The Bertz CT molecular complexity index is 305. The SMILES string of the molecule is CCOP(=O)(O)NC(CCC(=O)O)C(=O)O. The van der Waals surface area contributed by atoms with E-state index in [2.05, 4.69) is 4.52 Å². The maximum atomic E-state index is 11.2. The van der Waals surface area contributed by atoms with Gasteiger partial charge >= 0.3 is 19.7 Å². The van der Waals surface area contributed by atoms with Gasteiger partial charge in [0, 0.05) is 6.42 Å². The van der Waals surface area contributed by atoms with Crippen LogP contribution in [0, 0.1) is 0 Å². The molecule has 94 valence electrons. The fraction of sp³-hybridized carbons (Fsp3) is 0.714. The Kier molecular flexibility index (Phi) is 6.20. The molecule has 2 unspecified atom stereocenters. The highest BCUT2D eigenvalue weighted by atomic mass is 31.2. The van der Waals surface area contributed by atoms with Crippen molar-refractivity contribution in [2.45, 2.75) is 25.8 Å². The van der Waals surface area contributed by atoms with Crippen LogP contribution in [0.15, 0.2) is 0 Å². The van der Waals surface area contributed by atoms with E-state index in [1.54, 1.807) is 0 Å². The van der Waals surface area contributed by atoms with Gasteiger partial charge in [0.05, 0.1) is 6.61 Å². The second-order valence-corrected chi connectivity index (χ2v) is 4.45. The summed E-state index contributed by atoms with van der Waals surface area (Å²) in [7, 11) is -4.19. The van der Waals surface area contributed by atoms with E-state index in [4.69, 9.17) is 15.1 Å². The Morgan fingerprint density at radius 1 is 1.44 bits per heavy atom. The molecule has 8 nitrogen and oxygen atoms in total. The second kappa shape index (κ2) is 6.59. The van der Waals surface area contributed by atoms with Gasteiger partial charge in [0.1, 0.15) is 6.04 Å². The number of hydrogen-bond donors (Lipinski definition) is 4. The van der Waals surface area contributed by atoms with Crippen molar-refractivity contribution in [1.82, 2.24) is 5.09 Å². The molecule has 0 aliphatic heterocycles. The van der Waals surface area contributed by atoms with Crippen molar-refractivity contribution in [3.05, 3.63) is 0 Å². The topological polar surface area (TPSA) is 133 Å². The zero-order valence-corrected chi connectivity index (χ0v) is 9.51. The van der Waals surface area contributed by atoms with Gasteiger partial charge < -0.3 is 15.1 Å². The van der Waals surface area contributed by atoms with Crippen LogP contribution in [-0.2, 0) is 18.7 Å². The molecule has 16 heavy (non-hydrogen) atoms. The molecule has 0 rings (SSSR count). The third-order valence-electron chi connectivity index (χ3n) is 1.57. The fourth-order valence-corrected chi connectivity index (χ4v) is 1.98. The predicted molar refractivity (Wildman–Crippen MR) is 52.9 cm³/mol. The molecule has 0 radical (unpaired) electrons. The van der Waals surface area contributed by atoms with Crippen molar-refractivity contribution in [2.24, 2.45) is 0 Å². The summed E-state index contributed by atoms with van der Waals surface area (Å²) < 4.78 is 15.6. The monoisotopic (exact) mass is 255 g/mol. The van der Waals surface area contributed by atoms with E-state index in [1.165, 1.54) is 6.92 Å². The van der Waals surface area contributed by atoms with Crippen LogP contribution in [-0.4, -0.2) is 39.7 Å². The first-order valence-electron chi connectivity index (χ1n) is 4.48. The normalized spacial score (nSPS) is 16.4. The molecule has 0 aliphatic rings. The molecule has 4 N–H and O–H groups in total. The van der Waals surface area contributed by atoms with Gasteiger partial charge in [-0.3, -0.25) is 14.1 Å². The van der Waals surface area contributed by atoms with E-state index in [9.17, 15) is 14.2 Å². The van der Waals surface area contributed by atoms with Crippen LogP contribution in [0.2, 0.25) is 0 Å². The third kappa shape index (κ3) is 6.52. The molecular weight excluding hydrogens is 241 g/mol. The van der Waals surface area contributed by atoms with E-state index in [-0.39, 0.29) is 13.0 Å². The molecular formula is C7H14NO7P. The Labute approximate surface area is 91.8 Å². The average molecular weight is 255 g/mol. The van der Waals surface area contributed by atoms with Crippen molar-refractivity contribution in [2.75, 3.05) is 6.61 Å². The highest BCUT2D eigenvalue weighted by molar-refractivity contribution is 7.50. The van der Waals surface area contributed by atoms with E-state index in [0.717, 1.165) is 0 Å². The Morgan fingerprint density at radius 2 is 2.00 bits per heavy atom. The molecule has 9 heteroatoms. The molecule has 0 aromatic rings. The Hall–Kier alpha value is -0.950. The van der Waals surface area contributed by atoms with Crippen molar-refractivity contribution in [1.29, 1.82) is 0 Å². The summed E-state index contributed by atoms with van der Waals surface area (Å²) in [5.74, 6) is -2.59. The van der Waals surface area contributed by atoms with E-state index in [0.29, 0.717) is 0 Å². The zero-order chi connectivity index (χ0) is 12.8. The summed E-state index contributed by atoms with van der Waals surface area (Å²) in [5, 5.41) is 18.9. The summed E-state index contributed by atoms with van der Waals surface area (Å²) in [6.07, 6.45) is -0.724. The quantitative estimate of drug-likeness (QED) is 0.446. The summed E-state index contributed by atoms with van der Waals surface area (Å²) in [4.78, 5) is 30.0. The lowest BCUT2D eigenvalue weighted by Gasteiger charge is -2.17. The van der Waals surface area contributed by atoms with Gasteiger partial charge in [-0.15, -0.1) is 0 Å². The molecule has 0 aromatic heterocycles. The van der Waals surface area contributed by atoms with Crippen LogP contribution in [0.25, 0.3) is 0 Å².